The maximum absolute atomic E-state index is 13.7. The van der Waals surface area contributed by atoms with Crippen LogP contribution in [0.25, 0.3) is 0 Å². The molecule has 0 fully saturated rings. The molecule has 0 radical (unpaired) electrons. The van der Waals surface area contributed by atoms with Crippen molar-refractivity contribution >= 4 is 5.97 Å². The van der Waals surface area contributed by atoms with Gasteiger partial charge in [0.05, 0.1) is 37.9 Å². The Morgan fingerprint density at radius 1 is 1.37 bits per heavy atom. The monoisotopic (exact) mass is 261 g/mol. The molecule has 1 aromatic carbocycles. The average molecular weight is 261 g/mol. The standard InChI is InChI=1S/C13H12FN3O2/c1-19-13(18)11-3-2-10(8-12(11)14)9-17(6-4-15)7-5-16/h2-3,8H,6-7,9H2,1H3. The lowest BCUT2D eigenvalue weighted by Gasteiger charge is -2.15. The van der Waals surface area contributed by atoms with Crippen LogP contribution in [-0.4, -0.2) is 31.1 Å². The fraction of sp³-hybridized carbons (Fsp3) is 0.308. The van der Waals surface area contributed by atoms with Gasteiger partial charge in [-0.15, -0.1) is 0 Å². The second-order valence-corrected chi connectivity index (χ2v) is 3.77. The summed E-state index contributed by atoms with van der Waals surface area (Å²) in [5, 5.41) is 17.2. The third-order valence-corrected chi connectivity index (χ3v) is 2.43. The van der Waals surface area contributed by atoms with E-state index in [9.17, 15) is 9.18 Å². The highest BCUT2D eigenvalue weighted by Crippen LogP contribution is 2.13. The summed E-state index contributed by atoms with van der Waals surface area (Å²) in [5.41, 5.74) is 0.439. The van der Waals surface area contributed by atoms with E-state index < -0.39 is 11.8 Å². The van der Waals surface area contributed by atoms with Crippen molar-refractivity contribution in [3.05, 3.63) is 35.1 Å². The molecule has 0 amide bonds. The third-order valence-electron chi connectivity index (χ3n) is 2.43. The van der Waals surface area contributed by atoms with Crippen molar-refractivity contribution in [1.29, 1.82) is 10.5 Å². The van der Waals surface area contributed by atoms with Gasteiger partial charge in [-0.1, -0.05) is 6.07 Å². The summed E-state index contributed by atoms with van der Waals surface area (Å²) in [6.45, 7) is 0.418. The number of hydrogen-bond acceptors (Lipinski definition) is 5. The first-order chi connectivity index (χ1) is 9.12. The van der Waals surface area contributed by atoms with Gasteiger partial charge in [0.25, 0.3) is 0 Å². The minimum Gasteiger partial charge on any atom is -0.465 e. The first-order valence-electron chi connectivity index (χ1n) is 5.45. The average Bonchev–Trinajstić information content (AvgIpc) is 2.38. The molecule has 0 heterocycles. The number of nitriles is 2. The van der Waals surface area contributed by atoms with Crippen LogP contribution in [0.15, 0.2) is 18.2 Å². The van der Waals surface area contributed by atoms with E-state index >= 15 is 0 Å². The van der Waals surface area contributed by atoms with Gasteiger partial charge in [-0.2, -0.15) is 10.5 Å². The van der Waals surface area contributed by atoms with E-state index in [2.05, 4.69) is 4.74 Å². The minimum absolute atomic E-state index is 0.0773. The van der Waals surface area contributed by atoms with Crippen molar-refractivity contribution in [2.45, 2.75) is 6.54 Å². The quantitative estimate of drug-likeness (QED) is 0.592. The predicted octanol–water partition coefficient (Wildman–Crippen LogP) is 1.46. The van der Waals surface area contributed by atoms with Crippen molar-refractivity contribution in [2.75, 3.05) is 20.2 Å². The molecule has 0 saturated carbocycles. The van der Waals surface area contributed by atoms with Crippen molar-refractivity contribution in [3.8, 4) is 12.1 Å². The van der Waals surface area contributed by atoms with Crippen LogP contribution in [-0.2, 0) is 11.3 Å². The van der Waals surface area contributed by atoms with E-state index in [1.807, 2.05) is 12.1 Å². The van der Waals surface area contributed by atoms with Crippen LogP contribution in [0.4, 0.5) is 4.39 Å². The Kier molecular flexibility index (Phi) is 5.46. The zero-order valence-electron chi connectivity index (χ0n) is 10.4. The van der Waals surface area contributed by atoms with E-state index in [-0.39, 0.29) is 25.2 Å². The highest BCUT2D eigenvalue weighted by molar-refractivity contribution is 5.89. The zero-order chi connectivity index (χ0) is 14.3. The molecule has 0 aromatic heterocycles. The first-order valence-corrected chi connectivity index (χ1v) is 5.45. The van der Waals surface area contributed by atoms with Gasteiger partial charge in [-0.25, -0.2) is 9.18 Å². The van der Waals surface area contributed by atoms with Gasteiger partial charge in [0.2, 0.25) is 0 Å². The summed E-state index contributed by atoms with van der Waals surface area (Å²) in [7, 11) is 1.18. The summed E-state index contributed by atoms with van der Waals surface area (Å²) in [4.78, 5) is 12.8. The van der Waals surface area contributed by atoms with E-state index in [1.54, 1.807) is 11.0 Å². The Balaban J connectivity index is 2.86. The fourth-order valence-electron chi connectivity index (χ4n) is 1.56. The maximum atomic E-state index is 13.7. The van der Waals surface area contributed by atoms with Crippen molar-refractivity contribution in [1.82, 2.24) is 4.90 Å². The molecule has 0 atom stereocenters. The molecule has 6 heteroatoms. The summed E-state index contributed by atoms with van der Waals surface area (Å²) in [6.07, 6.45) is 0. The lowest BCUT2D eigenvalue weighted by molar-refractivity contribution is 0.0595. The Hall–Kier alpha value is -2.44. The molecule has 0 bridgehead atoms. The van der Waals surface area contributed by atoms with E-state index in [0.717, 1.165) is 0 Å². The van der Waals surface area contributed by atoms with Crippen LogP contribution < -0.4 is 0 Å². The summed E-state index contributed by atoms with van der Waals surface area (Å²) in [5.74, 6) is -1.42. The number of halogens is 1. The van der Waals surface area contributed by atoms with Gasteiger partial charge < -0.3 is 4.74 Å². The molecule has 19 heavy (non-hydrogen) atoms. The van der Waals surface area contributed by atoms with Gasteiger partial charge >= 0.3 is 5.97 Å². The molecular weight excluding hydrogens is 249 g/mol. The number of benzene rings is 1. The first kappa shape index (κ1) is 14.6. The van der Waals surface area contributed by atoms with E-state index in [0.29, 0.717) is 5.56 Å². The van der Waals surface area contributed by atoms with Crippen LogP contribution >= 0.6 is 0 Å². The number of ether oxygens (including phenoxy) is 1. The Bertz CT molecular complexity index is 530. The topological polar surface area (TPSA) is 77.1 Å². The maximum Gasteiger partial charge on any atom is 0.340 e. The van der Waals surface area contributed by atoms with Gasteiger partial charge in [-0.3, -0.25) is 4.90 Å². The predicted molar refractivity (Wildman–Crippen MR) is 64.2 cm³/mol. The van der Waals surface area contributed by atoms with Crippen LogP contribution in [0.3, 0.4) is 0 Å². The second kappa shape index (κ2) is 7.10. The molecule has 0 spiro atoms. The number of carbonyl (C=O) groups is 1. The minimum atomic E-state index is -0.741. The summed E-state index contributed by atoms with van der Waals surface area (Å²) < 4.78 is 18.1. The van der Waals surface area contributed by atoms with E-state index in [4.69, 9.17) is 10.5 Å². The normalized spacial score (nSPS) is 9.74. The summed E-state index contributed by atoms with van der Waals surface area (Å²) >= 11 is 0. The van der Waals surface area contributed by atoms with Gasteiger partial charge in [0.15, 0.2) is 0 Å². The summed E-state index contributed by atoms with van der Waals surface area (Å²) in [6, 6.07) is 7.96. The molecule has 5 nitrogen and oxygen atoms in total. The number of hydrogen-bond donors (Lipinski definition) is 0. The Morgan fingerprint density at radius 2 is 2.00 bits per heavy atom. The number of carbonyl (C=O) groups excluding carboxylic acids is 1. The van der Waals surface area contributed by atoms with Gasteiger partial charge in [-0.05, 0) is 17.7 Å². The lowest BCUT2D eigenvalue weighted by atomic mass is 10.1. The molecule has 1 aromatic rings. The SMILES string of the molecule is COC(=O)c1ccc(CN(CC#N)CC#N)cc1F. The fourth-order valence-corrected chi connectivity index (χ4v) is 1.56. The van der Waals surface area contributed by atoms with E-state index in [1.165, 1.54) is 19.2 Å². The van der Waals surface area contributed by atoms with Crippen molar-refractivity contribution in [3.63, 3.8) is 0 Å². The van der Waals surface area contributed by atoms with Gasteiger partial charge in [0.1, 0.15) is 5.82 Å². The van der Waals surface area contributed by atoms with Gasteiger partial charge in [0, 0.05) is 6.54 Å². The lowest BCUT2D eigenvalue weighted by Crippen LogP contribution is -2.24. The van der Waals surface area contributed by atoms with Crippen molar-refractivity contribution in [2.24, 2.45) is 0 Å². The highest BCUT2D eigenvalue weighted by atomic mass is 19.1. The van der Waals surface area contributed by atoms with Crippen LogP contribution in [0, 0.1) is 28.5 Å². The van der Waals surface area contributed by atoms with Crippen molar-refractivity contribution < 1.29 is 13.9 Å². The zero-order valence-corrected chi connectivity index (χ0v) is 10.4. The molecule has 1 rings (SSSR count). The Morgan fingerprint density at radius 3 is 2.47 bits per heavy atom. The highest BCUT2D eigenvalue weighted by Gasteiger charge is 2.13. The molecular formula is C13H12FN3O2. The molecule has 0 N–H and O–H groups in total. The number of methoxy groups -OCH3 is 1. The molecule has 0 unspecified atom stereocenters. The number of rotatable bonds is 5. The molecule has 98 valence electrons. The molecule has 0 aliphatic carbocycles. The number of esters is 1. The third kappa shape index (κ3) is 4.06. The molecule has 0 aliphatic heterocycles. The van der Waals surface area contributed by atoms with Crippen LogP contribution in [0.2, 0.25) is 0 Å². The number of nitrogens with zero attached hydrogens (tertiary/aromatic N) is 3. The second-order valence-electron chi connectivity index (χ2n) is 3.77. The smallest absolute Gasteiger partial charge is 0.340 e. The largest absolute Gasteiger partial charge is 0.465 e. The molecule has 0 saturated heterocycles. The van der Waals surface area contributed by atoms with Crippen LogP contribution in [0.5, 0.6) is 0 Å². The van der Waals surface area contributed by atoms with Crippen LogP contribution in [0.1, 0.15) is 15.9 Å². The molecule has 0 aliphatic rings. The Labute approximate surface area is 110 Å².